The summed E-state index contributed by atoms with van der Waals surface area (Å²) in [5, 5.41) is 3.11. The topological polar surface area (TPSA) is 98.0 Å². The number of hydrazine groups is 1. The lowest BCUT2D eigenvalue weighted by atomic mass is 10.2. The summed E-state index contributed by atoms with van der Waals surface area (Å²) in [6.45, 7) is 4.41. The average Bonchev–Trinajstić information content (AvgIpc) is 2.45. The van der Waals surface area contributed by atoms with Crippen LogP contribution in [-0.4, -0.2) is 21.1 Å². The van der Waals surface area contributed by atoms with Gasteiger partial charge in [0.2, 0.25) is 11.9 Å². The van der Waals surface area contributed by atoms with Crippen LogP contribution in [0.2, 0.25) is 0 Å². The largest absolute Gasteiger partial charge is 0.461 e. The molecule has 0 fully saturated rings. The Balaban J connectivity index is 2.10. The maximum Gasteiger partial charge on any atom is 0.323 e. The van der Waals surface area contributed by atoms with E-state index in [2.05, 4.69) is 25.7 Å². The van der Waals surface area contributed by atoms with E-state index in [1.165, 1.54) is 0 Å². The molecule has 7 nitrogen and oxygen atoms in total. The molecule has 1 heterocycles. The van der Waals surface area contributed by atoms with E-state index in [9.17, 15) is 0 Å². The predicted molar refractivity (Wildman–Crippen MR) is 77.2 cm³/mol. The van der Waals surface area contributed by atoms with Crippen LogP contribution < -0.4 is 21.3 Å². The van der Waals surface area contributed by atoms with Gasteiger partial charge in [-0.3, -0.25) is 5.43 Å². The van der Waals surface area contributed by atoms with E-state index in [0.29, 0.717) is 12.5 Å². The molecule has 2 rings (SSSR count). The zero-order valence-electron chi connectivity index (χ0n) is 11.5. The van der Waals surface area contributed by atoms with Gasteiger partial charge < -0.3 is 10.1 Å². The van der Waals surface area contributed by atoms with Gasteiger partial charge in [-0.2, -0.15) is 15.0 Å². The van der Waals surface area contributed by atoms with E-state index in [1.54, 1.807) is 0 Å². The van der Waals surface area contributed by atoms with E-state index in [4.69, 9.17) is 10.6 Å². The summed E-state index contributed by atoms with van der Waals surface area (Å²) in [6.07, 6.45) is -0.0232. The van der Waals surface area contributed by atoms with Gasteiger partial charge >= 0.3 is 6.01 Å². The molecule has 0 radical (unpaired) electrons. The van der Waals surface area contributed by atoms with Crippen molar-refractivity contribution in [3.63, 3.8) is 0 Å². The summed E-state index contributed by atoms with van der Waals surface area (Å²) >= 11 is 0. The monoisotopic (exact) mass is 274 g/mol. The summed E-state index contributed by atoms with van der Waals surface area (Å²) in [7, 11) is 0. The molecule has 7 heteroatoms. The second kappa shape index (κ2) is 6.67. The van der Waals surface area contributed by atoms with E-state index >= 15 is 0 Å². The quantitative estimate of drug-likeness (QED) is 0.543. The standard InChI is InChI=1S/C13H18N6O/c1-9(2)20-13-17-11(16-12(18-13)19-14)15-8-10-6-4-3-5-7-10/h3-7,9H,8,14H2,1-2H3,(H2,15,16,17,18,19). The molecule has 0 saturated carbocycles. The number of anilines is 2. The van der Waals surface area contributed by atoms with Crippen LogP contribution >= 0.6 is 0 Å². The lowest BCUT2D eigenvalue weighted by molar-refractivity contribution is 0.222. The van der Waals surface area contributed by atoms with Crippen molar-refractivity contribution < 1.29 is 4.74 Å². The Bertz CT molecular complexity index is 546. The van der Waals surface area contributed by atoms with Gasteiger partial charge in [-0.15, -0.1) is 0 Å². The molecule has 0 spiro atoms. The van der Waals surface area contributed by atoms with Gasteiger partial charge in [-0.1, -0.05) is 30.3 Å². The normalized spacial score (nSPS) is 10.4. The second-order valence-electron chi connectivity index (χ2n) is 4.42. The molecule has 0 aliphatic carbocycles. The molecule has 1 aromatic carbocycles. The van der Waals surface area contributed by atoms with Crippen LogP contribution in [0.25, 0.3) is 0 Å². The van der Waals surface area contributed by atoms with Crippen LogP contribution in [0, 0.1) is 0 Å². The van der Waals surface area contributed by atoms with E-state index in [-0.39, 0.29) is 18.1 Å². The molecule has 2 aromatic rings. The van der Waals surface area contributed by atoms with Crippen molar-refractivity contribution in [1.29, 1.82) is 0 Å². The average molecular weight is 274 g/mol. The minimum absolute atomic E-state index is 0.0232. The first-order valence-electron chi connectivity index (χ1n) is 6.34. The SMILES string of the molecule is CC(C)Oc1nc(NN)nc(NCc2ccccc2)n1. The molecule has 0 amide bonds. The fourth-order valence-electron chi connectivity index (χ4n) is 1.54. The van der Waals surface area contributed by atoms with Gasteiger partial charge in [0.25, 0.3) is 0 Å². The first kappa shape index (κ1) is 14.0. The lowest BCUT2D eigenvalue weighted by Crippen LogP contribution is -2.16. The maximum atomic E-state index is 5.45. The lowest BCUT2D eigenvalue weighted by Gasteiger charge is -2.11. The maximum absolute atomic E-state index is 5.45. The van der Waals surface area contributed by atoms with Gasteiger partial charge in [-0.05, 0) is 19.4 Å². The van der Waals surface area contributed by atoms with Crippen LogP contribution in [0.1, 0.15) is 19.4 Å². The smallest absolute Gasteiger partial charge is 0.323 e. The molecule has 4 N–H and O–H groups in total. The highest BCUT2D eigenvalue weighted by Gasteiger charge is 2.08. The van der Waals surface area contributed by atoms with E-state index in [1.807, 2.05) is 44.2 Å². The first-order valence-corrected chi connectivity index (χ1v) is 6.34. The van der Waals surface area contributed by atoms with Gasteiger partial charge in [-0.25, -0.2) is 5.84 Å². The van der Waals surface area contributed by atoms with Crippen LogP contribution in [0.4, 0.5) is 11.9 Å². The van der Waals surface area contributed by atoms with Crippen molar-refractivity contribution >= 4 is 11.9 Å². The van der Waals surface area contributed by atoms with E-state index in [0.717, 1.165) is 5.56 Å². The number of rotatable bonds is 6. The number of hydrogen-bond acceptors (Lipinski definition) is 7. The Morgan fingerprint density at radius 2 is 1.80 bits per heavy atom. The molecule has 0 atom stereocenters. The molecule has 0 aliphatic rings. The Morgan fingerprint density at radius 1 is 1.10 bits per heavy atom. The Morgan fingerprint density at radius 3 is 2.45 bits per heavy atom. The highest BCUT2D eigenvalue weighted by Crippen LogP contribution is 2.12. The molecule has 106 valence electrons. The number of ether oxygens (including phenoxy) is 1. The third-order valence-electron chi connectivity index (χ3n) is 2.38. The molecule has 20 heavy (non-hydrogen) atoms. The molecule has 0 bridgehead atoms. The zero-order chi connectivity index (χ0) is 14.4. The van der Waals surface area contributed by atoms with Crippen molar-refractivity contribution in [2.45, 2.75) is 26.5 Å². The highest BCUT2D eigenvalue weighted by molar-refractivity contribution is 5.35. The first-order chi connectivity index (χ1) is 9.67. The van der Waals surface area contributed by atoms with Crippen molar-refractivity contribution in [3.8, 4) is 6.01 Å². The van der Waals surface area contributed by atoms with Gasteiger partial charge in [0.1, 0.15) is 0 Å². The summed E-state index contributed by atoms with van der Waals surface area (Å²) in [6, 6.07) is 10.2. The molecule has 0 unspecified atom stereocenters. The minimum Gasteiger partial charge on any atom is -0.461 e. The zero-order valence-corrected chi connectivity index (χ0v) is 11.5. The number of nitrogens with two attached hydrogens (primary N) is 1. The van der Waals surface area contributed by atoms with Crippen LogP contribution in [0.3, 0.4) is 0 Å². The molecular weight excluding hydrogens is 256 g/mol. The van der Waals surface area contributed by atoms with E-state index < -0.39 is 0 Å². The summed E-state index contributed by atoms with van der Waals surface area (Å²) in [4.78, 5) is 12.3. The van der Waals surface area contributed by atoms with Crippen LogP contribution in [0.15, 0.2) is 30.3 Å². The fourth-order valence-corrected chi connectivity index (χ4v) is 1.54. The van der Waals surface area contributed by atoms with Gasteiger partial charge in [0.15, 0.2) is 0 Å². The fraction of sp³-hybridized carbons (Fsp3) is 0.308. The molecule has 0 aliphatic heterocycles. The number of benzene rings is 1. The predicted octanol–water partition coefficient (Wildman–Crippen LogP) is 1.56. The molecule has 1 aromatic heterocycles. The van der Waals surface area contributed by atoms with Gasteiger partial charge in [0.05, 0.1) is 6.10 Å². The number of aromatic nitrogens is 3. The molecular formula is C13H18N6O. The van der Waals surface area contributed by atoms with Crippen molar-refractivity contribution in [2.75, 3.05) is 10.7 Å². The molecule has 0 saturated heterocycles. The number of nitrogen functional groups attached to an aromatic ring is 1. The van der Waals surface area contributed by atoms with Crippen LogP contribution in [-0.2, 0) is 6.54 Å². The van der Waals surface area contributed by atoms with Crippen molar-refractivity contribution in [3.05, 3.63) is 35.9 Å². The number of nitrogens with zero attached hydrogens (tertiary/aromatic N) is 3. The highest BCUT2D eigenvalue weighted by atomic mass is 16.5. The number of hydrogen-bond donors (Lipinski definition) is 3. The summed E-state index contributed by atoms with van der Waals surface area (Å²) in [5.74, 6) is 6.01. The Labute approximate surface area is 117 Å². The summed E-state index contributed by atoms with van der Waals surface area (Å²) in [5.41, 5.74) is 3.52. The van der Waals surface area contributed by atoms with Crippen molar-refractivity contribution in [1.82, 2.24) is 15.0 Å². The van der Waals surface area contributed by atoms with Gasteiger partial charge in [0, 0.05) is 6.54 Å². The van der Waals surface area contributed by atoms with Crippen molar-refractivity contribution in [2.24, 2.45) is 5.84 Å². The second-order valence-corrected chi connectivity index (χ2v) is 4.42. The minimum atomic E-state index is -0.0232. The summed E-state index contributed by atoms with van der Waals surface area (Å²) < 4.78 is 5.45. The number of nitrogens with one attached hydrogen (secondary N) is 2. The Kier molecular flexibility index (Phi) is 4.67. The third-order valence-corrected chi connectivity index (χ3v) is 2.38. The Hall–Kier alpha value is -2.41. The van der Waals surface area contributed by atoms with Crippen LogP contribution in [0.5, 0.6) is 6.01 Å². The third kappa shape index (κ3) is 4.06.